The summed E-state index contributed by atoms with van der Waals surface area (Å²) in [5.74, 6) is 1.29. The molecule has 0 aliphatic rings. The third kappa shape index (κ3) is 4.74. The molecule has 0 unspecified atom stereocenters. The maximum Gasteiger partial charge on any atom is 0.257 e. The molecule has 0 radical (unpaired) electrons. The van der Waals surface area contributed by atoms with Crippen molar-refractivity contribution in [3.05, 3.63) is 23.8 Å². The van der Waals surface area contributed by atoms with Crippen molar-refractivity contribution in [1.29, 1.82) is 0 Å². The van der Waals surface area contributed by atoms with Crippen LogP contribution >= 0.6 is 0 Å². The molecule has 1 amide bonds. The molecule has 0 atom stereocenters. The predicted molar refractivity (Wildman–Crippen MR) is 79.3 cm³/mol. The lowest BCUT2D eigenvalue weighted by Crippen LogP contribution is -2.33. The smallest absolute Gasteiger partial charge is 0.257 e. The number of nitrogens with two attached hydrogens (primary N) is 1. The number of benzene rings is 1. The van der Waals surface area contributed by atoms with Crippen molar-refractivity contribution in [3.63, 3.8) is 0 Å². The Morgan fingerprint density at radius 2 is 2.05 bits per heavy atom. The third-order valence-electron chi connectivity index (χ3n) is 2.82. The van der Waals surface area contributed by atoms with Crippen LogP contribution in [-0.2, 0) is 10.2 Å². The van der Waals surface area contributed by atoms with E-state index in [2.05, 4.69) is 26.1 Å². The van der Waals surface area contributed by atoms with Gasteiger partial charge in [0.25, 0.3) is 5.91 Å². The van der Waals surface area contributed by atoms with Crippen LogP contribution in [0.1, 0.15) is 26.3 Å². The first kappa shape index (κ1) is 16.3. The zero-order chi connectivity index (χ0) is 15.2. The van der Waals surface area contributed by atoms with Gasteiger partial charge in [0.15, 0.2) is 6.61 Å². The third-order valence-corrected chi connectivity index (χ3v) is 2.82. The highest BCUT2D eigenvalue weighted by Gasteiger charge is 2.20. The molecule has 0 heterocycles. The molecule has 0 aromatic heterocycles. The Kier molecular flexibility index (Phi) is 5.82. The molecule has 0 aliphatic heterocycles. The molecule has 1 rings (SSSR count). The van der Waals surface area contributed by atoms with Crippen molar-refractivity contribution >= 4 is 5.91 Å². The molecular formula is C15H24N2O3. The van der Waals surface area contributed by atoms with Crippen molar-refractivity contribution in [3.8, 4) is 11.5 Å². The van der Waals surface area contributed by atoms with Crippen LogP contribution in [0.2, 0.25) is 0 Å². The molecule has 0 aliphatic carbocycles. The number of nitrogens with one attached hydrogen (secondary N) is 1. The summed E-state index contributed by atoms with van der Waals surface area (Å²) in [6, 6.07) is 5.59. The molecule has 0 saturated heterocycles. The lowest BCUT2D eigenvalue weighted by molar-refractivity contribution is -0.123. The molecule has 0 fully saturated rings. The average Bonchev–Trinajstić information content (AvgIpc) is 2.41. The zero-order valence-corrected chi connectivity index (χ0v) is 12.7. The van der Waals surface area contributed by atoms with E-state index in [1.807, 2.05) is 18.2 Å². The number of rotatable bonds is 6. The fourth-order valence-electron chi connectivity index (χ4n) is 1.75. The first-order chi connectivity index (χ1) is 9.38. The number of methoxy groups -OCH3 is 1. The van der Waals surface area contributed by atoms with Crippen molar-refractivity contribution in [2.24, 2.45) is 5.73 Å². The Hall–Kier alpha value is -1.75. The van der Waals surface area contributed by atoms with E-state index in [-0.39, 0.29) is 17.9 Å². The number of hydrogen-bond acceptors (Lipinski definition) is 4. The molecule has 112 valence electrons. The van der Waals surface area contributed by atoms with Gasteiger partial charge in [-0.15, -0.1) is 0 Å². The fourth-order valence-corrected chi connectivity index (χ4v) is 1.75. The SMILES string of the molecule is COc1ccc(OCC(=O)NCCN)c(C(C)(C)C)c1. The van der Waals surface area contributed by atoms with Gasteiger partial charge in [-0.3, -0.25) is 4.79 Å². The molecule has 1 aromatic carbocycles. The molecule has 20 heavy (non-hydrogen) atoms. The topological polar surface area (TPSA) is 73.6 Å². The van der Waals surface area contributed by atoms with Crippen molar-refractivity contribution in [2.75, 3.05) is 26.8 Å². The minimum Gasteiger partial charge on any atom is -0.497 e. The van der Waals surface area contributed by atoms with Gasteiger partial charge in [-0.25, -0.2) is 0 Å². The Morgan fingerprint density at radius 3 is 2.60 bits per heavy atom. The van der Waals surface area contributed by atoms with Gasteiger partial charge in [-0.1, -0.05) is 20.8 Å². The van der Waals surface area contributed by atoms with E-state index in [9.17, 15) is 4.79 Å². The van der Waals surface area contributed by atoms with E-state index in [1.54, 1.807) is 7.11 Å². The van der Waals surface area contributed by atoms with Crippen LogP contribution in [0.25, 0.3) is 0 Å². The lowest BCUT2D eigenvalue weighted by atomic mass is 9.86. The van der Waals surface area contributed by atoms with Gasteiger partial charge >= 0.3 is 0 Å². The monoisotopic (exact) mass is 280 g/mol. The van der Waals surface area contributed by atoms with Crippen LogP contribution in [-0.4, -0.2) is 32.7 Å². The minimum absolute atomic E-state index is 0.0184. The van der Waals surface area contributed by atoms with Gasteiger partial charge in [0, 0.05) is 18.7 Å². The number of amides is 1. The molecular weight excluding hydrogens is 256 g/mol. The largest absolute Gasteiger partial charge is 0.497 e. The molecule has 5 heteroatoms. The second-order valence-electron chi connectivity index (χ2n) is 5.54. The molecule has 3 N–H and O–H groups in total. The highest BCUT2D eigenvalue weighted by atomic mass is 16.5. The van der Waals surface area contributed by atoms with Gasteiger partial charge < -0.3 is 20.5 Å². The maximum absolute atomic E-state index is 11.5. The molecule has 0 bridgehead atoms. The summed E-state index contributed by atoms with van der Waals surface area (Å²) in [4.78, 5) is 11.5. The summed E-state index contributed by atoms with van der Waals surface area (Å²) in [6.07, 6.45) is 0. The molecule has 0 saturated carbocycles. The number of hydrogen-bond donors (Lipinski definition) is 2. The fraction of sp³-hybridized carbons (Fsp3) is 0.533. The Morgan fingerprint density at radius 1 is 1.35 bits per heavy atom. The van der Waals surface area contributed by atoms with E-state index in [0.717, 1.165) is 11.3 Å². The van der Waals surface area contributed by atoms with Crippen LogP contribution in [0.4, 0.5) is 0 Å². The van der Waals surface area contributed by atoms with Crippen LogP contribution < -0.4 is 20.5 Å². The summed E-state index contributed by atoms with van der Waals surface area (Å²) >= 11 is 0. The van der Waals surface area contributed by atoms with Gasteiger partial charge in [0.1, 0.15) is 11.5 Å². The Labute approximate surface area is 120 Å². The van der Waals surface area contributed by atoms with E-state index in [1.165, 1.54) is 0 Å². The van der Waals surface area contributed by atoms with Crippen LogP contribution in [0.15, 0.2) is 18.2 Å². The zero-order valence-electron chi connectivity index (χ0n) is 12.7. The van der Waals surface area contributed by atoms with Crippen LogP contribution in [0.5, 0.6) is 11.5 Å². The van der Waals surface area contributed by atoms with Crippen LogP contribution in [0, 0.1) is 0 Å². The van der Waals surface area contributed by atoms with Gasteiger partial charge in [0.05, 0.1) is 7.11 Å². The first-order valence-corrected chi connectivity index (χ1v) is 6.66. The number of carbonyl (C=O) groups excluding carboxylic acids is 1. The highest BCUT2D eigenvalue weighted by molar-refractivity contribution is 5.77. The van der Waals surface area contributed by atoms with E-state index in [4.69, 9.17) is 15.2 Å². The van der Waals surface area contributed by atoms with Crippen LogP contribution in [0.3, 0.4) is 0 Å². The lowest BCUT2D eigenvalue weighted by Gasteiger charge is -2.23. The van der Waals surface area contributed by atoms with E-state index < -0.39 is 0 Å². The summed E-state index contributed by atoms with van der Waals surface area (Å²) in [5.41, 5.74) is 6.23. The first-order valence-electron chi connectivity index (χ1n) is 6.66. The number of carbonyl (C=O) groups is 1. The Bertz CT molecular complexity index is 453. The van der Waals surface area contributed by atoms with Gasteiger partial charge in [-0.05, 0) is 23.6 Å². The number of ether oxygens (including phenoxy) is 2. The summed E-state index contributed by atoms with van der Waals surface area (Å²) in [7, 11) is 1.63. The summed E-state index contributed by atoms with van der Waals surface area (Å²) in [5, 5.41) is 2.67. The maximum atomic E-state index is 11.5. The Balaban J connectivity index is 2.81. The van der Waals surface area contributed by atoms with Gasteiger partial charge in [0.2, 0.25) is 0 Å². The van der Waals surface area contributed by atoms with Crippen molar-refractivity contribution in [1.82, 2.24) is 5.32 Å². The van der Waals surface area contributed by atoms with Gasteiger partial charge in [-0.2, -0.15) is 0 Å². The molecule has 1 aromatic rings. The molecule has 0 spiro atoms. The van der Waals surface area contributed by atoms with Crippen molar-refractivity contribution < 1.29 is 14.3 Å². The second kappa shape index (κ2) is 7.14. The second-order valence-corrected chi connectivity index (χ2v) is 5.54. The quantitative estimate of drug-likeness (QED) is 0.827. The van der Waals surface area contributed by atoms with E-state index >= 15 is 0 Å². The highest BCUT2D eigenvalue weighted by Crippen LogP contribution is 2.34. The predicted octanol–water partition coefficient (Wildman–Crippen LogP) is 1.45. The normalized spacial score (nSPS) is 11.1. The average molecular weight is 280 g/mol. The minimum atomic E-state index is -0.175. The summed E-state index contributed by atoms with van der Waals surface area (Å²) in [6.45, 7) is 7.11. The van der Waals surface area contributed by atoms with E-state index in [0.29, 0.717) is 18.8 Å². The standard InChI is InChI=1S/C15H24N2O3/c1-15(2,3)12-9-11(19-4)5-6-13(12)20-10-14(18)17-8-7-16/h5-6,9H,7-8,10,16H2,1-4H3,(H,17,18). The van der Waals surface area contributed by atoms with Crippen molar-refractivity contribution in [2.45, 2.75) is 26.2 Å². The summed E-state index contributed by atoms with van der Waals surface area (Å²) < 4.78 is 10.8. The molecule has 5 nitrogen and oxygen atoms in total.